The van der Waals surface area contributed by atoms with Crippen molar-refractivity contribution >= 4 is 40.2 Å². The van der Waals surface area contributed by atoms with Crippen LogP contribution in [0.15, 0.2) is 52.4 Å². The first-order chi connectivity index (χ1) is 12.0. The molecule has 128 valence electrons. The van der Waals surface area contributed by atoms with E-state index in [1.54, 1.807) is 18.2 Å². The second-order valence-corrected chi connectivity index (χ2v) is 6.73. The lowest BCUT2D eigenvalue weighted by atomic mass is 10.2. The quantitative estimate of drug-likeness (QED) is 0.396. The van der Waals surface area contributed by atoms with E-state index in [4.69, 9.17) is 11.6 Å². The number of aromatic nitrogens is 2. The van der Waals surface area contributed by atoms with Crippen molar-refractivity contribution in [2.75, 3.05) is 12.9 Å². The first kappa shape index (κ1) is 17.5. The van der Waals surface area contributed by atoms with Gasteiger partial charge in [-0.3, -0.25) is 14.2 Å². The third-order valence-electron chi connectivity index (χ3n) is 3.70. The Balaban J connectivity index is 2.26. The lowest BCUT2D eigenvalue weighted by molar-refractivity contribution is -0.137. The molecule has 3 rings (SSSR count). The minimum atomic E-state index is -0.387. The van der Waals surface area contributed by atoms with Crippen LogP contribution >= 0.6 is 23.4 Å². The van der Waals surface area contributed by atoms with Crippen LogP contribution in [0.4, 0.5) is 0 Å². The fourth-order valence-electron chi connectivity index (χ4n) is 2.44. The molecular weight excluding hydrogens is 360 g/mol. The van der Waals surface area contributed by atoms with Gasteiger partial charge in [0.05, 0.1) is 29.5 Å². The first-order valence-corrected chi connectivity index (χ1v) is 8.85. The highest BCUT2D eigenvalue weighted by atomic mass is 35.5. The number of para-hydroxylation sites is 1. The summed E-state index contributed by atoms with van der Waals surface area (Å²) in [6, 6.07) is 12.5. The Kier molecular flexibility index (Phi) is 5.11. The molecule has 0 spiro atoms. The van der Waals surface area contributed by atoms with Crippen LogP contribution in [0, 0.1) is 6.92 Å². The summed E-state index contributed by atoms with van der Waals surface area (Å²) in [6.07, 6.45) is 0. The summed E-state index contributed by atoms with van der Waals surface area (Å²) >= 11 is 7.18. The van der Waals surface area contributed by atoms with Crippen LogP contribution in [0.1, 0.15) is 5.56 Å². The molecule has 0 N–H and O–H groups in total. The smallest absolute Gasteiger partial charge is 0.316 e. The molecule has 0 unspecified atom stereocenters. The molecule has 5 nitrogen and oxygen atoms in total. The maximum absolute atomic E-state index is 13.1. The molecule has 0 aliphatic rings. The van der Waals surface area contributed by atoms with Crippen LogP contribution in [0.5, 0.6) is 0 Å². The van der Waals surface area contributed by atoms with Gasteiger partial charge in [0, 0.05) is 5.02 Å². The molecule has 1 aromatic heterocycles. The maximum atomic E-state index is 13.1. The monoisotopic (exact) mass is 374 g/mol. The van der Waals surface area contributed by atoms with E-state index in [9.17, 15) is 9.59 Å². The normalized spacial score (nSPS) is 10.8. The van der Waals surface area contributed by atoms with E-state index in [0.717, 1.165) is 23.0 Å². The fraction of sp³-hybridized carbons (Fsp3) is 0.167. The van der Waals surface area contributed by atoms with E-state index in [1.165, 1.54) is 11.7 Å². The van der Waals surface area contributed by atoms with Gasteiger partial charge in [0.25, 0.3) is 5.56 Å². The second kappa shape index (κ2) is 7.29. The molecule has 0 aliphatic carbocycles. The molecule has 1 heterocycles. The molecule has 25 heavy (non-hydrogen) atoms. The number of carbonyl (C=O) groups is 1. The number of fused-ring (bicyclic) bond motifs is 1. The summed E-state index contributed by atoms with van der Waals surface area (Å²) in [5.41, 5.74) is 1.95. The average molecular weight is 375 g/mol. The van der Waals surface area contributed by atoms with Crippen molar-refractivity contribution in [3.05, 3.63) is 63.4 Å². The predicted octanol–water partition coefficient (Wildman–Crippen LogP) is 3.61. The van der Waals surface area contributed by atoms with Crippen molar-refractivity contribution in [2.24, 2.45) is 0 Å². The van der Waals surface area contributed by atoms with Crippen molar-refractivity contribution in [3.63, 3.8) is 0 Å². The standard InChI is InChI=1S/C18H15ClN2O3S/c1-11-5-3-4-6-15(11)21-17(23)13-8-7-12(19)9-14(13)20-18(21)25-10-16(22)24-2/h3-9H,10H2,1-2H3. The largest absolute Gasteiger partial charge is 0.468 e. The highest BCUT2D eigenvalue weighted by Crippen LogP contribution is 2.24. The number of thioether (sulfide) groups is 1. The summed E-state index contributed by atoms with van der Waals surface area (Å²) in [6.45, 7) is 1.92. The number of hydrogen-bond acceptors (Lipinski definition) is 5. The zero-order valence-corrected chi connectivity index (χ0v) is 15.2. The third kappa shape index (κ3) is 3.55. The molecule has 0 saturated heterocycles. The van der Waals surface area contributed by atoms with E-state index < -0.39 is 0 Å². The Hall–Kier alpha value is -2.31. The highest BCUT2D eigenvalue weighted by molar-refractivity contribution is 7.99. The van der Waals surface area contributed by atoms with Crippen LogP contribution in [0.25, 0.3) is 16.6 Å². The van der Waals surface area contributed by atoms with Crippen LogP contribution in [-0.2, 0) is 9.53 Å². The molecular formula is C18H15ClN2O3S. The molecule has 0 bridgehead atoms. The number of carbonyl (C=O) groups excluding carboxylic acids is 1. The Morgan fingerprint density at radius 3 is 2.76 bits per heavy atom. The van der Waals surface area contributed by atoms with Crippen LogP contribution in [-0.4, -0.2) is 28.4 Å². The summed E-state index contributed by atoms with van der Waals surface area (Å²) in [7, 11) is 1.32. The van der Waals surface area contributed by atoms with Crippen LogP contribution < -0.4 is 5.56 Å². The van der Waals surface area contributed by atoms with E-state index in [1.807, 2.05) is 31.2 Å². The van der Waals surface area contributed by atoms with Gasteiger partial charge in [-0.25, -0.2) is 4.98 Å². The van der Waals surface area contributed by atoms with Crippen LogP contribution in [0.2, 0.25) is 5.02 Å². The van der Waals surface area contributed by atoms with Crippen LogP contribution in [0.3, 0.4) is 0 Å². The lowest BCUT2D eigenvalue weighted by Gasteiger charge is -2.14. The number of esters is 1. The average Bonchev–Trinajstić information content (AvgIpc) is 2.60. The zero-order chi connectivity index (χ0) is 18.0. The van der Waals surface area contributed by atoms with Gasteiger partial charge in [-0.05, 0) is 36.8 Å². The number of methoxy groups -OCH3 is 1. The Bertz CT molecular complexity index is 1020. The molecule has 0 atom stereocenters. The van der Waals surface area contributed by atoms with Gasteiger partial charge in [-0.15, -0.1) is 0 Å². The summed E-state index contributed by atoms with van der Waals surface area (Å²) in [4.78, 5) is 29.2. The predicted molar refractivity (Wildman–Crippen MR) is 99.8 cm³/mol. The third-order valence-corrected chi connectivity index (χ3v) is 4.85. The van der Waals surface area contributed by atoms with Crippen molar-refractivity contribution < 1.29 is 9.53 Å². The van der Waals surface area contributed by atoms with Crippen molar-refractivity contribution in [1.82, 2.24) is 9.55 Å². The van der Waals surface area contributed by atoms with Gasteiger partial charge >= 0.3 is 5.97 Å². The Morgan fingerprint density at radius 1 is 1.28 bits per heavy atom. The van der Waals surface area contributed by atoms with Gasteiger partial charge < -0.3 is 4.74 Å². The van der Waals surface area contributed by atoms with Gasteiger partial charge in [0.1, 0.15) is 0 Å². The first-order valence-electron chi connectivity index (χ1n) is 7.49. The SMILES string of the molecule is COC(=O)CSc1nc2cc(Cl)ccc2c(=O)n1-c1ccccc1C. The van der Waals surface area contributed by atoms with Gasteiger partial charge in [0.15, 0.2) is 5.16 Å². The number of ether oxygens (including phenoxy) is 1. The van der Waals surface area contributed by atoms with Crippen molar-refractivity contribution in [3.8, 4) is 5.69 Å². The number of rotatable bonds is 4. The van der Waals surface area contributed by atoms with E-state index >= 15 is 0 Å². The van der Waals surface area contributed by atoms with Crippen molar-refractivity contribution in [1.29, 1.82) is 0 Å². The molecule has 0 amide bonds. The molecule has 2 aromatic carbocycles. The molecule has 7 heteroatoms. The minimum Gasteiger partial charge on any atom is -0.468 e. The van der Waals surface area contributed by atoms with E-state index in [-0.39, 0.29) is 17.3 Å². The maximum Gasteiger partial charge on any atom is 0.316 e. The molecule has 0 aliphatic heterocycles. The van der Waals surface area contributed by atoms with Gasteiger partial charge in [-0.2, -0.15) is 0 Å². The number of nitrogens with zero attached hydrogens (tertiary/aromatic N) is 2. The number of aryl methyl sites for hydroxylation is 1. The summed E-state index contributed by atoms with van der Waals surface area (Å²) < 4.78 is 6.21. The Morgan fingerprint density at radius 2 is 2.04 bits per heavy atom. The lowest BCUT2D eigenvalue weighted by Crippen LogP contribution is -2.23. The second-order valence-electron chi connectivity index (χ2n) is 5.35. The fourth-order valence-corrected chi connectivity index (χ4v) is 3.45. The topological polar surface area (TPSA) is 61.2 Å². The van der Waals surface area contributed by atoms with Gasteiger partial charge in [0.2, 0.25) is 0 Å². The molecule has 0 radical (unpaired) electrons. The number of hydrogen-bond donors (Lipinski definition) is 0. The van der Waals surface area contributed by atoms with E-state index in [0.29, 0.717) is 21.1 Å². The summed E-state index contributed by atoms with van der Waals surface area (Å²) in [5.74, 6) is -0.331. The van der Waals surface area contributed by atoms with Gasteiger partial charge in [-0.1, -0.05) is 41.6 Å². The molecule has 0 fully saturated rings. The minimum absolute atomic E-state index is 0.0564. The summed E-state index contributed by atoms with van der Waals surface area (Å²) in [5, 5.41) is 1.38. The number of halogens is 1. The zero-order valence-electron chi connectivity index (χ0n) is 13.7. The molecule has 0 saturated carbocycles. The van der Waals surface area contributed by atoms with Crippen molar-refractivity contribution in [2.45, 2.75) is 12.1 Å². The Labute approximate surface area is 153 Å². The highest BCUT2D eigenvalue weighted by Gasteiger charge is 2.16. The molecule has 3 aromatic rings. The van der Waals surface area contributed by atoms with E-state index in [2.05, 4.69) is 9.72 Å². The number of benzene rings is 2.